The Bertz CT molecular complexity index is 1280. The van der Waals surface area contributed by atoms with Crippen molar-refractivity contribution in [1.82, 2.24) is 9.47 Å². The first-order chi connectivity index (χ1) is 16.1. The number of aryl methyl sites for hydroxylation is 1. The van der Waals surface area contributed by atoms with E-state index in [-0.39, 0.29) is 12.1 Å². The van der Waals surface area contributed by atoms with Crippen molar-refractivity contribution >= 4 is 11.7 Å². The zero-order chi connectivity index (χ0) is 22.8. The minimum atomic E-state index is -0.227. The molecule has 2 amide bonds. The SMILES string of the molecule is CCOc1ccc(NC(=O)N2Cc3ccccc3-n3cccc3C2c2cccc(C)c2)cc1. The minimum absolute atomic E-state index is 0.143. The molecular formula is C28H27N3O2. The number of hydrogen-bond acceptors (Lipinski definition) is 2. The monoisotopic (exact) mass is 437 g/mol. The van der Waals surface area contributed by atoms with E-state index in [1.165, 1.54) is 5.56 Å². The third-order valence-corrected chi connectivity index (χ3v) is 6.00. The zero-order valence-electron chi connectivity index (χ0n) is 18.9. The number of benzene rings is 3. The van der Waals surface area contributed by atoms with Crippen LogP contribution in [0.3, 0.4) is 0 Å². The number of anilines is 1. The van der Waals surface area contributed by atoms with E-state index in [9.17, 15) is 4.79 Å². The molecule has 0 saturated carbocycles. The predicted molar refractivity (Wildman–Crippen MR) is 131 cm³/mol. The predicted octanol–water partition coefficient (Wildman–Crippen LogP) is 6.32. The van der Waals surface area contributed by atoms with Crippen LogP contribution in [0.15, 0.2) is 91.1 Å². The van der Waals surface area contributed by atoms with Crippen molar-refractivity contribution in [2.75, 3.05) is 11.9 Å². The van der Waals surface area contributed by atoms with E-state index in [0.29, 0.717) is 13.2 Å². The Morgan fingerprint density at radius 1 is 1.00 bits per heavy atom. The van der Waals surface area contributed by atoms with Gasteiger partial charge in [-0.1, -0.05) is 48.0 Å². The number of ether oxygens (including phenoxy) is 1. The summed E-state index contributed by atoms with van der Waals surface area (Å²) in [5.74, 6) is 0.787. The van der Waals surface area contributed by atoms with Gasteiger partial charge in [-0.2, -0.15) is 0 Å². The number of carbonyl (C=O) groups excluding carboxylic acids is 1. The molecule has 1 aromatic heterocycles. The molecule has 5 nitrogen and oxygen atoms in total. The van der Waals surface area contributed by atoms with E-state index in [1.807, 2.05) is 54.3 Å². The smallest absolute Gasteiger partial charge is 0.322 e. The summed E-state index contributed by atoms with van der Waals surface area (Å²) in [6.45, 7) is 5.14. The number of nitrogens with zero attached hydrogens (tertiary/aromatic N) is 2. The molecule has 0 fully saturated rings. The molecule has 166 valence electrons. The Kier molecular flexibility index (Phi) is 5.61. The van der Waals surface area contributed by atoms with E-state index in [4.69, 9.17) is 4.74 Å². The van der Waals surface area contributed by atoms with Gasteiger partial charge in [-0.15, -0.1) is 0 Å². The van der Waals surface area contributed by atoms with Crippen molar-refractivity contribution in [2.24, 2.45) is 0 Å². The Labute approximate surface area is 194 Å². The number of aromatic nitrogens is 1. The number of amides is 2. The van der Waals surface area contributed by atoms with Crippen LogP contribution in [0.4, 0.5) is 10.5 Å². The quantitative estimate of drug-likeness (QED) is 0.406. The molecular weight excluding hydrogens is 410 g/mol. The number of para-hydroxylation sites is 1. The summed E-state index contributed by atoms with van der Waals surface area (Å²) < 4.78 is 7.73. The van der Waals surface area contributed by atoms with Crippen LogP contribution in [0.5, 0.6) is 5.75 Å². The molecule has 1 aliphatic rings. The highest BCUT2D eigenvalue weighted by molar-refractivity contribution is 5.90. The first-order valence-electron chi connectivity index (χ1n) is 11.3. The molecule has 0 radical (unpaired) electrons. The van der Waals surface area contributed by atoms with Gasteiger partial charge in [-0.05, 0) is 67.4 Å². The van der Waals surface area contributed by atoms with E-state index >= 15 is 0 Å². The Balaban J connectivity index is 1.56. The van der Waals surface area contributed by atoms with Gasteiger partial charge in [0, 0.05) is 17.6 Å². The lowest BCUT2D eigenvalue weighted by Gasteiger charge is -2.31. The highest BCUT2D eigenvalue weighted by Gasteiger charge is 2.33. The summed E-state index contributed by atoms with van der Waals surface area (Å²) in [5.41, 5.74) is 6.26. The van der Waals surface area contributed by atoms with Crippen LogP contribution in [0.25, 0.3) is 5.69 Å². The molecule has 1 aliphatic heterocycles. The fraction of sp³-hybridized carbons (Fsp3) is 0.179. The second-order valence-electron chi connectivity index (χ2n) is 8.26. The summed E-state index contributed by atoms with van der Waals surface area (Å²) in [4.78, 5) is 15.6. The highest BCUT2D eigenvalue weighted by atomic mass is 16.5. The Morgan fingerprint density at radius 2 is 1.82 bits per heavy atom. The van der Waals surface area contributed by atoms with Crippen LogP contribution < -0.4 is 10.1 Å². The van der Waals surface area contributed by atoms with Crippen LogP contribution >= 0.6 is 0 Å². The largest absolute Gasteiger partial charge is 0.494 e. The van der Waals surface area contributed by atoms with Gasteiger partial charge in [-0.25, -0.2) is 4.79 Å². The number of fused-ring (bicyclic) bond motifs is 3. The fourth-order valence-electron chi connectivity index (χ4n) is 4.53. The van der Waals surface area contributed by atoms with Gasteiger partial charge >= 0.3 is 6.03 Å². The van der Waals surface area contributed by atoms with E-state index in [0.717, 1.165) is 33.9 Å². The van der Waals surface area contributed by atoms with E-state index in [2.05, 4.69) is 65.5 Å². The molecule has 1 atom stereocenters. The topological polar surface area (TPSA) is 46.5 Å². The first kappa shape index (κ1) is 20.9. The molecule has 1 unspecified atom stereocenters. The van der Waals surface area contributed by atoms with Crippen molar-refractivity contribution in [1.29, 1.82) is 0 Å². The lowest BCUT2D eigenvalue weighted by Crippen LogP contribution is -2.37. The van der Waals surface area contributed by atoms with Crippen molar-refractivity contribution in [3.63, 3.8) is 0 Å². The van der Waals surface area contributed by atoms with Crippen LogP contribution in [-0.2, 0) is 6.54 Å². The van der Waals surface area contributed by atoms with Crippen molar-refractivity contribution in [2.45, 2.75) is 26.4 Å². The molecule has 0 spiro atoms. The number of carbonyl (C=O) groups is 1. The summed E-state index contributed by atoms with van der Waals surface area (Å²) >= 11 is 0. The molecule has 33 heavy (non-hydrogen) atoms. The average molecular weight is 438 g/mol. The number of nitrogens with one attached hydrogen (secondary N) is 1. The third-order valence-electron chi connectivity index (χ3n) is 6.00. The molecule has 1 N–H and O–H groups in total. The summed E-state index contributed by atoms with van der Waals surface area (Å²) in [7, 11) is 0. The van der Waals surface area contributed by atoms with Crippen LogP contribution in [-0.4, -0.2) is 22.1 Å². The number of rotatable bonds is 4. The summed E-state index contributed by atoms with van der Waals surface area (Å²) in [6, 6.07) is 27.9. The fourth-order valence-corrected chi connectivity index (χ4v) is 4.53. The van der Waals surface area contributed by atoms with Gasteiger partial charge < -0.3 is 19.5 Å². The van der Waals surface area contributed by atoms with Gasteiger partial charge in [0.25, 0.3) is 0 Å². The van der Waals surface area contributed by atoms with Crippen LogP contribution in [0, 0.1) is 6.92 Å². The van der Waals surface area contributed by atoms with Crippen molar-refractivity contribution < 1.29 is 9.53 Å². The molecule has 2 heterocycles. The molecule has 3 aromatic carbocycles. The third kappa shape index (κ3) is 4.10. The first-order valence-corrected chi connectivity index (χ1v) is 11.3. The van der Waals surface area contributed by atoms with Gasteiger partial charge in [0.1, 0.15) is 5.75 Å². The number of urea groups is 1. The Hall–Kier alpha value is -3.99. The molecule has 0 aliphatic carbocycles. The van der Waals surface area contributed by atoms with E-state index < -0.39 is 0 Å². The highest BCUT2D eigenvalue weighted by Crippen LogP contribution is 2.37. The van der Waals surface area contributed by atoms with Gasteiger partial charge in [0.2, 0.25) is 0 Å². The summed E-state index contributed by atoms with van der Waals surface area (Å²) in [6.07, 6.45) is 2.07. The lowest BCUT2D eigenvalue weighted by atomic mass is 10.00. The maximum Gasteiger partial charge on any atom is 0.322 e. The van der Waals surface area contributed by atoms with Gasteiger partial charge in [-0.3, -0.25) is 0 Å². The van der Waals surface area contributed by atoms with Gasteiger partial charge in [0.05, 0.1) is 24.9 Å². The molecule has 5 rings (SSSR count). The molecule has 0 saturated heterocycles. The maximum atomic E-state index is 13.7. The minimum Gasteiger partial charge on any atom is -0.494 e. The second-order valence-corrected chi connectivity index (χ2v) is 8.26. The average Bonchev–Trinajstić information content (AvgIpc) is 3.24. The van der Waals surface area contributed by atoms with Crippen LogP contribution in [0.1, 0.15) is 35.3 Å². The molecule has 4 aromatic rings. The van der Waals surface area contributed by atoms with E-state index in [1.54, 1.807) is 0 Å². The normalized spacial score (nSPS) is 14.7. The lowest BCUT2D eigenvalue weighted by molar-refractivity contribution is 0.194. The van der Waals surface area contributed by atoms with Gasteiger partial charge in [0.15, 0.2) is 0 Å². The zero-order valence-corrected chi connectivity index (χ0v) is 18.9. The van der Waals surface area contributed by atoms with Crippen molar-refractivity contribution in [3.8, 4) is 11.4 Å². The van der Waals surface area contributed by atoms with Crippen LogP contribution in [0.2, 0.25) is 0 Å². The Morgan fingerprint density at radius 3 is 2.61 bits per heavy atom. The standard InChI is InChI=1S/C28H27N3O2/c1-3-33-24-15-13-23(14-16-24)29-28(32)31-19-22-9-4-5-11-25(22)30-17-7-12-26(30)27(31)21-10-6-8-20(2)18-21/h4-18,27H,3,19H2,1-2H3,(H,29,32). The summed E-state index contributed by atoms with van der Waals surface area (Å²) in [5, 5.41) is 3.10. The second kappa shape index (κ2) is 8.87. The molecule has 5 heteroatoms. The molecule has 0 bridgehead atoms. The maximum absolute atomic E-state index is 13.7. The number of hydrogen-bond donors (Lipinski definition) is 1. The van der Waals surface area contributed by atoms with Crippen molar-refractivity contribution in [3.05, 3.63) is 114 Å².